The highest BCUT2D eigenvalue weighted by Crippen LogP contribution is 2.18. The SMILES string of the molecule is CCC(=O)O.CCCCC(C)CCC[C@@H](C)[C@H](C)O. The average Bonchev–Trinajstić information content (AvgIpc) is 2.36. The monoisotopic (exact) mass is 274 g/mol. The Balaban J connectivity index is 0. The smallest absolute Gasteiger partial charge is 0.303 e. The van der Waals surface area contributed by atoms with Gasteiger partial charge < -0.3 is 10.2 Å². The van der Waals surface area contributed by atoms with Crippen molar-refractivity contribution >= 4 is 5.97 Å². The molecular weight excluding hydrogens is 240 g/mol. The number of unbranched alkanes of at least 4 members (excludes halogenated alkanes) is 1. The van der Waals surface area contributed by atoms with Gasteiger partial charge in [-0.15, -0.1) is 0 Å². The number of aliphatic hydroxyl groups excluding tert-OH is 1. The summed E-state index contributed by atoms with van der Waals surface area (Å²) < 4.78 is 0. The minimum atomic E-state index is -0.745. The summed E-state index contributed by atoms with van der Waals surface area (Å²) >= 11 is 0. The molecule has 3 heteroatoms. The fourth-order valence-corrected chi connectivity index (χ4v) is 1.73. The summed E-state index contributed by atoms with van der Waals surface area (Å²) in [6, 6.07) is 0. The quantitative estimate of drug-likeness (QED) is 0.651. The normalized spacial score (nSPS) is 15.1. The van der Waals surface area contributed by atoms with E-state index in [1.54, 1.807) is 6.92 Å². The maximum atomic E-state index is 9.37. The van der Waals surface area contributed by atoms with Crippen molar-refractivity contribution in [1.29, 1.82) is 0 Å². The lowest BCUT2D eigenvalue weighted by molar-refractivity contribution is -0.136. The number of hydrogen-bond donors (Lipinski definition) is 2. The minimum Gasteiger partial charge on any atom is -0.481 e. The van der Waals surface area contributed by atoms with Crippen LogP contribution in [0.5, 0.6) is 0 Å². The molecule has 3 atom stereocenters. The van der Waals surface area contributed by atoms with Gasteiger partial charge in [0, 0.05) is 6.42 Å². The van der Waals surface area contributed by atoms with Crippen molar-refractivity contribution < 1.29 is 15.0 Å². The minimum absolute atomic E-state index is 0.138. The van der Waals surface area contributed by atoms with Gasteiger partial charge in [-0.3, -0.25) is 4.79 Å². The number of carbonyl (C=O) groups is 1. The number of carboxylic acids is 1. The Morgan fingerprint density at radius 2 is 1.47 bits per heavy atom. The average molecular weight is 274 g/mol. The molecule has 1 unspecified atom stereocenters. The molecule has 19 heavy (non-hydrogen) atoms. The van der Waals surface area contributed by atoms with Crippen molar-refractivity contribution in [2.75, 3.05) is 0 Å². The number of aliphatic hydroxyl groups is 1. The van der Waals surface area contributed by atoms with Crippen molar-refractivity contribution in [2.45, 2.75) is 85.7 Å². The molecular formula is C16H34O3. The van der Waals surface area contributed by atoms with Crippen molar-refractivity contribution in [2.24, 2.45) is 11.8 Å². The molecule has 0 amide bonds. The Morgan fingerprint density at radius 3 is 1.84 bits per heavy atom. The number of aliphatic carboxylic acids is 1. The van der Waals surface area contributed by atoms with Crippen LogP contribution in [-0.4, -0.2) is 22.3 Å². The van der Waals surface area contributed by atoms with E-state index in [-0.39, 0.29) is 12.5 Å². The molecule has 0 rings (SSSR count). The molecule has 0 heterocycles. The molecule has 3 nitrogen and oxygen atoms in total. The van der Waals surface area contributed by atoms with E-state index in [1.165, 1.54) is 38.5 Å². The Bertz CT molecular complexity index is 202. The van der Waals surface area contributed by atoms with E-state index in [0.29, 0.717) is 5.92 Å². The summed E-state index contributed by atoms with van der Waals surface area (Å²) in [5.74, 6) is 0.592. The number of hydrogen-bond acceptors (Lipinski definition) is 2. The third kappa shape index (κ3) is 17.4. The predicted octanol–water partition coefficient (Wildman–Crippen LogP) is 4.48. The van der Waals surface area contributed by atoms with Crippen LogP contribution in [0.25, 0.3) is 0 Å². The second-order valence-corrected chi connectivity index (χ2v) is 5.64. The molecule has 0 aromatic carbocycles. The highest BCUT2D eigenvalue weighted by atomic mass is 16.4. The molecule has 2 N–H and O–H groups in total. The largest absolute Gasteiger partial charge is 0.481 e. The van der Waals surface area contributed by atoms with Gasteiger partial charge in [-0.05, 0) is 25.2 Å². The van der Waals surface area contributed by atoms with E-state index in [1.807, 2.05) is 6.92 Å². The first-order valence-corrected chi connectivity index (χ1v) is 7.74. The predicted molar refractivity (Wildman–Crippen MR) is 81.3 cm³/mol. The van der Waals surface area contributed by atoms with Crippen molar-refractivity contribution in [3.63, 3.8) is 0 Å². The van der Waals surface area contributed by atoms with Crippen LogP contribution in [0.4, 0.5) is 0 Å². The number of carboxylic acid groups (broad SMARTS) is 1. The van der Waals surface area contributed by atoms with Crippen LogP contribution in [-0.2, 0) is 4.79 Å². The van der Waals surface area contributed by atoms with Gasteiger partial charge in [0.1, 0.15) is 0 Å². The summed E-state index contributed by atoms with van der Waals surface area (Å²) in [4.78, 5) is 9.37. The maximum absolute atomic E-state index is 9.37. The van der Waals surface area contributed by atoms with Gasteiger partial charge in [0.25, 0.3) is 0 Å². The van der Waals surface area contributed by atoms with E-state index in [9.17, 15) is 9.90 Å². The molecule has 0 fully saturated rings. The second-order valence-electron chi connectivity index (χ2n) is 5.64. The first-order chi connectivity index (χ1) is 8.84. The zero-order valence-electron chi connectivity index (χ0n) is 13.5. The highest BCUT2D eigenvalue weighted by Gasteiger charge is 2.09. The summed E-state index contributed by atoms with van der Waals surface area (Å²) in [6.45, 7) is 10.2. The van der Waals surface area contributed by atoms with Crippen LogP contribution in [0.1, 0.15) is 79.6 Å². The first-order valence-electron chi connectivity index (χ1n) is 7.74. The van der Waals surface area contributed by atoms with Crippen LogP contribution >= 0.6 is 0 Å². The molecule has 0 bridgehead atoms. The van der Waals surface area contributed by atoms with Gasteiger partial charge in [0.15, 0.2) is 0 Å². The second kappa shape index (κ2) is 13.9. The molecule has 0 aromatic rings. The van der Waals surface area contributed by atoms with Gasteiger partial charge in [-0.25, -0.2) is 0 Å². The van der Waals surface area contributed by atoms with E-state index in [2.05, 4.69) is 20.8 Å². The van der Waals surface area contributed by atoms with Crippen LogP contribution in [0, 0.1) is 11.8 Å². The lowest BCUT2D eigenvalue weighted by atomic mass is 9.93. The summed E-state index contributed by atoms with van der Waals surface area (Å²) in [6.07, 6.45) is 7.92. The van der Waals surface area contributed by atoms with E-state index >= 15 is 0 Å². The molecule has 0 aliphatic heterocycles. The summed E-state index contributed by atoms with van der Waals surface area (Å²) in [7, 11) is 0. The molecule has 0 aliphatic carbocycles. The molecule has 0 spiro atoms. The fraction of sp³-hybridized carbons (Fsp3) is 0.938. The van der Waals surface area contributed by atoms with Crippen LogP contribution < -0.4 is 0 Å². The van der Waals surface area contributed by atoms with Gasteiger partial charge in [-0.1, -0.05) is 59.8 Å². The zero-order chi connectivity index (χ0) is 15.3. The van der Waals surface area contributed by atoms with E-state index < -0.39 is 5.97 Å². The van der Waals surface area contributed by atoms with Crippen molar-refractivity contribution in [3.8, 4) is 0 Å². The van der Waals surface area contributed by atoms with Crippen LogP contribution in [0.2, 0.25) is 0 Å². The lowest BCUT2D eigenvalue weighted by Gasteiger charge is -2.16. The van der Waals surface area contributed by atoms with Gasteiger partial charge >= 0.3 is 5.97 Å². The van der Waals surface area contributed by atoms with Crippen LogP contribution in [0.15, 0.2) is 0 Å². The molecule has 0 saturated heterocycles. The Morgan fingerprint density at radius 1 is 1.00 bits per heavy atom. The molecule has 0 radical (unpaired) electrons. The third-order valence-electron chi connectivity index (χ3n) is 3.53. The maximum Gasteiger partial charge on any atom is 0.303 e. The van der Waals surface area contributed by atoms with Gasteiger partial charge in [-0.2, -0.15) is 0 Å². The lowest BCUT2D eigenvalue weighted by Crippen LogP contribution is -2.13. The fourth-order valence-electron chi connectivity index (χ4n) is 1.73. The molecule has 0 aliphatic rings. The Kier molecular flexibility index (Phi) is 15.1. The van der Waals surface area contributed by atoms with Crippen LogP contribution in [0.3, 0.4) is 0 Å². The van der Waals surface area contributed by atoms with Gasteiger partial charge in [0.05, 0.1) is 6.10 Å². The zero-order valence-corrected chi connectivity index (χ0v) is 13.5. The third-order valence-corrected chi connectivity index (χ3v) is 3.53. The molecule has 116 valence electrons. The molecule has 0 saturated carbocycles. The topological polar surface area (TPSA) is 57.5 Å². The highest BCUT2D eigenvalue weighted by molar-refractivity contribution is 5.66. The number of rotatable bonds is 9. The first kappa shape index (κ1) is 20.7. The molecule has 0 aromatic heterocycles. The Labute approximate surface area is 119 Å². The van der Waals surface area contributed by atoms with E-state index in [0.717, 1.165) is 5.92 Å². The summed E-state index contributed by atoms with van der Waals surface area (Å²) in [5, 5.41) is 17.0. The van der Waals surface area contributed by atoms with Crippen molar-refractivity contribution in [1.82, 2.24) is 0 Å². The van der Waals surface area contributed by atoms with Crippen molar-refractivity contribution in [3.05, 3.63) is 0 Å². The summed E-state index contributed by atoms with van der Waals surface area (Å²) in [5.41, 5.74) is 0. The Hall–Kier alpha value is -0.570. The van der Waals surface area contributed by atoms with Gasteiger partial charge in [0.2, 0.25) is 0 Å². The standard InChI is InChI=1S/C13H28O.C3H6O2/c1-5-6-8-11(2)9-7-10-12(3)13(4)14;1-2-3(4)5/h11-14H,5-10H2,1-4H3;2H2,1H3,(H,4,5)/t11?,12-,13+;/m1./s1. The van der Waals surface area contributed by atoms with E-state index in [4.69, 9.17) is 5.11 Å².